The lowest BCUT2D eigenvalue weighted by molar-refractivity contribution is 0.0623. The number of pyridine rings is 1. The Labute approximate surface area is 147 Å². The van der Waals surface area contributed by atoms with Crippen LogP contribution in [-0.2, 0) is 0 Å². The van der Waals surface area contributed by atoms with E-state index in [1.807, 2.05) is 64.2 Å². The van der Waals surface area contributed by atoms with E-state index in [0.29, 0.717) is 12.1 Å². The van der Waals surface area contributed by atoms with Gasteiger partial charge < -0.3 is 15.0 Å². The summed E-state index contributed by atoms with van der Waals surface area (Å²) in [5.41, 5.74) is 9.35. The van der Waals surface area contributed by atoms with E-state index in [1.54, 1.807) is 0 Å². The van der Waals surface area contributed by atoms with E-state index in [-0.39, 0.29) is 11.9 Å². The van der Waals surface area contributed by atoms with Crippen molar-refractivity contribution in [3.63, 3.8) is 0 Å². The molecule has 25 heavy (non-hydrogen) atoms. The van der Waals surface area contributed by atoms with Crippen molar-refractivity contribution < 1.29 is 4.79 Å². The fraction of sp³-hybridized carbons (Fsp3) is 0.300. The number of imidazole rings is 1. The molecule has 1 atom stereocenters. The first-order chi connectivity index (χ1) is 12.3. The van der Waals surface area contributed by atoms with Gasteiger partial charge in [0.05, 0.1) is 11.3 Å². The quantitative estimate of drug-likeness (QED) is 0.801. The zero-order chi connectivity index (χ0) is 17.2. The Morgan fingerprint density at radius 2 is 1.96 bits per heavy atom. The van der Waals surface area contributed by atoms with Gasteiger partial charge >= 0.3 is 0 Å². The van der Waals surface area contributed by atoms with Gasteiger partial charge in [0.1, 0.15) is 5.65 Å². The number of nitrogens with two attached hydrogens (primary N) is 1. The van der Waals surface area contributed by atoms with Crippen molar-refractivity contribution in [2.45, 2.75) is 25.3 Å². The van der Waals surface area contributed by atoms with E-state index in [2.05, 4.69) is 4.98 Å². The van der Waals surface area contributed by atoms with E-state index in [9.17, 15) is 4.79 Å². The van der Waals surface area contributed by atoms with Crippen LogP contribution >= 0.6 is 0 Å². The fourth-order valence-corrected chi connectivity index (χ4v) is 3.55. The number of benzene rings is 1. The van der Waals surface area contributed by atoms with Gasteiger partial charge in [-0.1, -0.05) is 30.3 Å². The number of carbonyl (C=O) groups is 1. The van der Waals surface area contributed by atoms with Crippen molar-refractivity contribution in [1.29, 1.82) is 0 Å². The molecule has 0 aliphatic carbocycles. The molecule has 0 saturated carbocycles. The van der Waals surface area contributed by atoms with Crippen molar-refractivity contribution in [2.24, 2.45) is 5.73 Å². The molecule has 1 aromatic carbocycles. The fourth-order valence-electron chi connectivity index (χ4n) is 3.55. The van der Waals surface area contributed by atoms with Crippen LogP contribution < -0.4 is 5.73 Å². The average molecular weight is 334 g/mol. The van der Waals surface area contributed by atoms with Crippen LogP contribution in [0, 0.1) is 0 Å². The summed E-state index contributed by atoms with van der Waals surface area (Å²) in [5, 5.41) is 0. The minimum Gasteiger partial charge on any atom is -0.334 e. The number of piperidine rings is 1. The van der Waals surface area contributed by atoms with Crippen LogP contribution in [-0.4, -0.2) is 39.3 Å². The summed E-state index contributed by atoms with van der Waals surface area (Å²) in [5.74, 6) is 0.0620. The molecule has 1 aliphatic heterocycles. The monoisotopic (exact) mass is 334 g/mol. The maximum absolute atomic E-state index is 12.9. The highest BCUT2D eigenvalue weighted by molar-refractivity contribution is 5.94. The Bertz CT molecular complexity index is 887. The van der Waals surface area contributed by atoms with Crippen molar-refractivity contribution in [1.82, 2.24) is 14.3 Å². The predicted octanol–water partition coefficient (Wildman–Crippen LogP) is 2.95. The van der Waals surface area contributed by atoms with Crippen LogP contribution in [0.3, 0.4) is 0 Å². The number of fused-ring (bicyclic) bond motifs is 1. The molecule has 1 saturated heterocycles. The van der Waals surface area contributed by atoms with Gasteiger partial charge in [-0.05, 0) is 31.4 Å². The van der Waals surface area contributed by atoms with Crippen LogP contribution in [0.4, 0.5) is 0 Å². The molecule has 4 rings (SSSR count). The molecule has 128 valence electrons. The zero-order valence-electron chi connectivity index (χ0n) is 14.1. The molecule has 2 aromatic heterocycles. The molecule has 0 spiro atoms. The third-order valence-corrected chi connectivity index (χ3v) is 4.93. The van der Waals surface area contributed by atoms with Crippen molar-refractivity contribution in [3.8, 4) is 11.3 Å². The summed E-state index contributed by atoms with van der Waals surface area (Å²) in [6.07, 6.45) is 7.03. The molecule has 1 aliphatic rings. The topological polar surface area (TPSA) is 63.6 Å². The number of rotatable bonds is 3. The minimum absolute atomic E-state index is 0.0620. The van der Waals surface area contributed by atoms with Crippen LogP contribution in [0.5, 0.6) is 0 Å². The smallest absolute Gasteiger partial charge is 0.255 e. The molecular formula is C20H22N4O. The molecule has 3 heterocycles. The number of amides is 1. The second-order valence-electron chi connectivity index (χ2n) is 6.56. The van der Waals surface area contributed by atoms with E-state index in [0.717, 1.165) is 42.7 Å². The number of aromatic nitrogens is 2. The SMILES string of the molecule is NC[C@@H]1CCCCN1C(=O)c1ccc2nc(-c3ccccc3)cn2c1. The van der Waals surface area contributed by atoms with Crippen LogP contribution in [0.1, 0.15) is 29.6 Å². The Kier molecular flexibility index (Phi) is 4.24. The lowest BCUT2D eigenvalue weighted by Crippen LogP contribution is -2.47. The summed E-state index contributed by atoms with van der Waals surface area (Å²) in [4.78, 5) is 19.5. The second kappa shape index (κ2) is 6.69. The summed E-state index contributed by atoms with van der Waals surface area (Å²) >= 11 is 0. The van der Waals surface area contributed by atoms with Crippen molar-refractivity contribution >= 4 is 11.6 Å². The average Bonchev–Trinajstić information content (AvgIpc) is 3.11. The molecular weight excluding hydrogens is 312 g/mol. The summed E-state index contributed by atoms with van der Waals surface area (Å²) in [6, 6.07) is 14.0. The standard InChI is InChI=1S/C20H22N4O/c21-12-17-8-4-5-11-24(17)20(25)16-9-10-19-22-18(14-23(19)13-16)15-6-2-1-3-7-15/h1-3,6-7,9-10,13-14,17H,4-5,8,11-12,21H2/t17-/m0/s1. The van der Waals surface area contributed by atoms with E-state index in [4.69, 9.17) is 5.73 Å². The molecule has 1 amide bonds. The van der Waals surface area contributed by atoms with E-state index < -0.39 is 0 Å². The number of carbonyl (C=O) groups excluding carboxylic acids is 1. The van der Waals surface area contributed by atoms with Crippen LogP contribution in [0.25, 0.3) is 16.9 Å². The van der Waals surface area contributed by atoms with Gasteiger partial charge in [0.15, 0.2) is 0 Å². The summed E-state index contributed by atoms with van der Waals surface area (Å²) in [7, 11) is 0. The Hall–Kier alpha value is -2.66. The first-order valence-corrected chi connectivity index (χ1v) is 8.81. The molecule has 0 unspecified atom stereocenters. The van der Waals surface area contributed by atoms with Gasteiger partial charge in [-0.25, -0.2) is 4.98 Å². The van der Waals surface area contributed by atoms with Gasteiger partial charge in [-0.15, -0.1) is 0 Å². The largest absolute Gasteiger partial charge is 0.334 e. The zero-order valence-corrected chi connectivity index (χ0v) is 14.1. The molecule has 2 N–H and O–H groups in total. The Morgan fingerprint density at radius 1 is 1.12 bits per heavy atom. The number of hydrogen-bond donors (Lipinski definition) is 1. The first kappa shape index (κ1) is 15.8. The van der Waals surface area contributed by atoms with Gasteiger partial charge in [0.2, 0.25) is 0 Å². The maximum atomic E-state index is 12.9. The Balaban J connectivity index is 1.65. The summed E-state index contributed by atoms with van der Waals surface area (Å²) in [6.45, 7) is 1.31. The lowest BCUT2D eigenvalue weighted by Gasteiger charge is -2.35. The molecule has 5 nitrogen and oxygen atoms in total. The maximum Gasteiger partial charge on any atom is 0.255 e. The van der Waals surface area contributed by atoms with Crippen LogP contribution in [0.2, 0.25) is 0 Å². The number of nitrogens with zero attached hydrogens (tertiary/aromatic N) is 3. The number of likely N-dealkylation sites (tertiary alicyclic amines) is 1. The predicted molar refractivity (Wildman–Crippen MR) is 98.4 cm³/mol. The highest BCUT2D eigenvalue weighted by Crippen LogP contribution is 2.22. The summed E-state index contributed by atoms with van der Waals surface area (Å²) < 4.78 is 1.93. The Morgan fingerprint density at radius 3 is 2.76 bits per heavy atom. The second-order valence-corrected chi connectivity index (χ2v) is 6.56. The first-order valence-electron chi connectivity index (χ1n) is 8.81. The minimum atomic E-state index is 0.0620. The van der Waals surface area contributed by atoms with Crippen molar-refractivity contribution in [3.05, 3.63) is 60.4 Å². The van der Waals surface area contributed by atoms with E-state index in [1.165, 1.54) is 0 Å². The van der Waals surface area contributed by atoms with Gasteiger partial charge in [-0.2, -0.15) is 0 Å². The number of hydrogen-bond acceptors (Lipinski definition) is 3. The van der Waals surface area contributed by atoms with Gasteiger partial charge in [0.25, 0.3) is 5.91 Å². The third kappa shape index (κ3) is 3.03. The van der Waals surface area contributed by atoms with Crippen molar-refractivity contribution in [2.75, 3.05) is 13.1 Å². The highest BCUT2D eigenvalue weighted by Gasteiger charge is 2.26. The molecule has 0 radical (unpaired) electrons. The molecule has 1 fully saturated rings. The van der Waals surface area contributed by atoms with Crippen LogP contribution in [0.15, 0.2) is 54.9 Å². The van der Waals surface area contributed by atoms with Gasteiger partial charge in [-0.3, -0.25) is 4.79 Å². The lowest BCUT2D eigenvalue weighted by atomic mass is 10.0. The molecule has 0 bridgehead atoms. The van der Waals surface area contributed by atoms with Gasteiger partial charge in [0, 0.05) is 37.1 Å². The highest BCUT2D eigenvalue weighted by atomic mass is 16.2. The normalized spacial score (nSPS) is 17.8. The van der Waals surface area contributed by atoms with E-state index >= 15 is 0 Å². The molecule has 5 heteroatoms. The third-order valence-electron chi connectivity index (χ3n) is 4.93. The molecule has 3 aromatic rings.